The molecule has 1 heterocycles. The van der Waals surface area contributed by atoms with E-state index in [1.54, 1.807) is 0 Å². The van der Waals surface area contributed by atoms with Crippen LogP contribution < -0.4 is 5.73 Å². The van der Waals surface area contributed by atoms with Gasteiger partial charge < -0.3 is 10.2 Å². The Morgan fingerprint density at radius 1 is 1.43 bits per heavy atom. The zero-order valence-electron chi connectivity index (χ0n) is 9.29. The average Bonchev–Trinajstić information content (AvgIpc) is 2.50. The molecular weight excluding hydrogens is 176 g/mol. The van der Waals surface area contributed by atoms with Gasteiger partial charge in [-0.1, -0.05) is 13.8 Å². The van der Waals surface area contributed by atoms with Crippen molar-refractivity contribution in [2.24, 2.45) is 17.1 Å². The fourth-order valence-corrected chi connectivity index (χ4v) is 2.30. The Balaban J connectivity index is 2.26. The van der Waals surface area contributed by atoms with E-state index in [9.17, 15) is 0 Å². The van der Waals surface area contributed by atoms with Gasteiger partial charge >= 0.3 is 0 Å². The number of hydrogen-bond donors (Lipinski definition) is 1. The Hall–Kier alpha value is -0.830. The van der Waals surface area contributed by atoms with Gasteiger partial charge in [0, 0.05) is 5.92 Å². The van der Waals surface area contributed by atoms with Crippen molar-refractivity contribution in [3.63, 3.8) is 0 Å². The SMILES string of the molecule is Cc1nc([C@H]2[C@H](CN)C2(C)C)oc1C. The van der Waals surface area contributed by atoms with Gasteiger partial charge in [-0.2, -0.15) is 0 Å². The molecule has 2 atom stereocenters. The van der Waals surface area contributed by atoms with Crippen LogP contribution in [0.5, 0.6) is 0 Å². The second kappa shape index (κ2) is 2.83. The van der Waals surface area contributed by atoms with E-state index in [0.717, 1.165) is 23.9 Å². The van der Waals surface area contributed by atoms with Crippen molar-refractivity contribution in [2.45, 2.75) is 33.6 Å². The maximum atomic E-state index is 5.71. The largest absolute Gasteiger partial charge is 0.445 e. The van der Waals surface area contributed by atoms with Gasteiger partial charge in [0.05, 0.1) is 5.69 Å². The van der Waals surface area contributed by atoms with Crippen molar-refractivity contribution in [1.29, 1.82) is 0 Å². The first-order valence-corrected chi connectivity index (χ1v) is 5.12. The molecule has 1 fully saturated rings. The average molecular weight is 194 g/mol. The molecule has 1 saturated carbocycles. The topological polar surface area (TPSA) is 52.0 Å². The summed E-state index contributed by atoms with van der Waals surface area (Å²) in [6.07, 6.45) is 0. The summed E-state index contributed by atoms with van der Waals surface area (Å²) < 4.78 is 5.64. The van der Waals surface area contributed by atoms with Crippen LogP contribution in [0, 0.1) is 25.2 Å². The van der Waals surface area contributed by atoms with Gasteiger partial charge in [-0.15, -0.1) is 0 Å². The Kier molecular flexibility index (Phi) is 1.96. The third-order valence-electron chi connectivity index (χ3n) is 3.62. The van der Waals surface area contributed by atoms with Crippen LogP contribution in [0.1, 0.15) is 37.1 Å². The number of oxazole rings is 1. The molecule has 0 bridgehead atoms. The highest BCUT2D eigenvalue weighted by Crippen LogP contribution is 2.63. The summed E-state index contributed by atoms with van der Waals surface area (Å²) in [6.45, 7) is 9.11. The molecule has 1 aliphatic rings. The standard InChI is InChI=1S/C11H18N2O/c1-6-7(2)14-10(13-6)9-8(5-12)11(9,3)4/h8-9H,5,12H2,1-4H3/t8-,9+/m0/s1. The second-order valence-corrected chi connectivity index (χ2v) is 4.83. The molecule has 3 nitrogen and oxygen atoms in total. The maximum Gasteiger partial charge on any atom is 0.198 e. The monoisotopic (exact) mass is 194 g/mol. The second-order valence-electron chi connectivity index (χ2n) is 4.83. The quantitative estimate of drug-likeness (QED) is 0.783. The highest BCUT2D eigenvalue weighted by atomic mass is 16.4. The Bertz CT molecular complexity index is 335. The maximum absolute atomic E-state index is 5.71. The van der Waals surface area contributed by atoms with Crippen molar-refractivity contribution in [3.05, 3.63) is 17.3 Å². The van der Waals surface area contributed by atoms with Gasteiger partial charge in [-0.3, -0.25) is 0 Å². The van der Waals surface area contributed by atoms with Crippen LogP contribution in [0.25, 0.3) is 0 Å². The minimum atomic E-state index is 0.262. The van der Waals surface area contributed by atoms with Crippen molar-refractivity contribution in [1.82, 2.24) is 4.98 Å². The van der Waals surface area contributed by atoms with Crippen LogP contribution >= 0.6 is 0 Å². The van der Waals surface area contributed by atoms with E-state index in [-0.39, 0.29) is 5.41 Å². The zero-order valence-corrected chi connectivity index (χ0v) is 9.29. The van der Waals surface area contributed by atoms with E-state index >= 15 is 0 Å². The van der Waals surface area contributed by atoms with E-state index in [2.05, 4.69) is 18.8 Å². The molecule has 3 heteroatoms. The molecular formula is C11H18N2O. The van der Waals surface area contributed by atoms with E-state index in [1.165, 1.54) is 0 Å². The molecule has 0 saturated heterocycles. The minimum Gasteiger partial charge on any atom is -0.445 e. The summed E-state index contributed by atoms with van der Waals surface area (Å²) in [5, 5.41) is 0. The van der Waals surface area contributed by atoms with E-state index in [0.29, 0.717) is 11.8 Å². The molecule has 1 aromatic heterocycles. The molecule has 1 aromatic rings. The van der Waals surface area contributed by atoms with Crippen molar-refractivity contribution in [3.8, 4) is 0 Å². The van der Waals surface area contributed by atoms with Gasteiger partial charge in [0.1, 0.15) is 5.76 Å². The van der Waals surface area contributed by atoms with Crippen LogP contribution in [0.4, 0.5) is 0 Å². The van der Waals surface area contributed by atoms with Crippen LogP contribution in [-0.2, 0) is 0 Å². The number of nitrogens with zero attached hydrogens (tertiary/aromatic N) is 1. The third-order valence-corrected chi connectivity index (χ3v) is 3.62. The van der Waals surface area contributed by atoms with E-state index in [4.69, 9.17) is 10.2 Å². The zero-order chi connectivity index (χ0) is 10.5. The normalized spacial score (nSPS) is 29.2. The Labute approximate surface area is 84.7 Å². The van der Waals surface area contributed by atoms with Gasteiger partial charge in [-0.25, -0.2) is 4.98 Å². The predicted molar refractivity (Wildman–Crippen MR) is 55.0 cm³/mol. The van der Waals surface area contributed by atoms with Crippen LogP contribution in [0.15, 0.2) is 4.42 Å². The lowest BCUT2D eigenvalue weighted by Crippen LogP contribution is -2.05. The highest BCUT2D eigenvalue weighted by molar-refractivity contribution is 5.22. The van der Waals surface area contributed by atoms with Gasteiger partial charge in [-0.05, 0) is 31.7 Å². The van der Waals surface area contributed by atoms with Gasteiger partial charge in [0.2, 0.25) is 0 Å². The van der Waals surface area contributed by atoms with Crippen LogP contribution in [0.2, 0.25) is 0 Å². The molecule has 0 radical (unpaired) electrons. The first-order chi connectivity index (χ1) is 6.48. The Morgan fingerprint density at radius 2 is 2.07 bits per heavy atom. The molecule has 2 rings (SSSR count). The fourth-order valence-electron chi connectivity index (χ4n) is 2.30. The molecule has 14 heavy (non-hydrogen) atoms. The number of aromatic nitrogens is 1. The Morgan fingerprint density at radius 3 is 2.43 bits per heavy atom. The molecule has 1 aliphatic carbocycles. The smallest absolute Gasteiger partial charge is 0.198 e. The fraction of sp³-hybridized carbons (Fsp3) is 0.727. The summed E-state index contributed by atoms with van der Waals surface area (Å²) in [6, 6.07) is 0. The lowest BCUT2D eigenvalue weighted by molar-refractivity contribution is 0.449. The highest BCUT2D eigenvalue weighted by Gasteiger charge is 2.60. The van der Waals surface area contributed by atoms with Gasteiger partial charge in [0.25, 0.3) is 0 Å². The third kappa shape index (κ3) is 1.19. The molecule has 2 N–H and O–H groups in total. The van der Waals surface area contributed by atoms with Crippen molar-refractivity contribution < 1.29 is 4.42 Å². The summed E-state index contributed by atoms with van der Waals surface area (Å²) in [5.74, 6) is 2.75. The molecule has 0 aliphatic heterocycles. The molecule has 0 amide bonds. The van der Waals surface area contributed by atoms with Crippen LogP contribution in [-0.4, -0.2) is 11.5 Å². The first kappa shape index (κ1) is 9.71. The molecule has 0 aromatic carbocycles. The number of aryl methyl sites for hydroxylation is 2. The summed E-state index contributed by atoms with van der Waals surface area (Å²) in [4.78, 5) is 4.44. The van der Waals surface area contributed by atoms with E-state index < -0.39 is 0 Å². The molecule has 0 unspecified atom stereocenters. The first-order valence-electron chi connectivity index (χ1n) is 5.12. The molecule has 78 valence electrons. The van der Waals surface area contributed by atoms with Gasteiger partial charge in [0.15, 0.2) is 5.89 Å². The number of nitrogens with two attached hydrogens (primary N) is 1. The predicted octanol–water partition coefficient (Wildman–Crippen LogP) is 1.99. The number of rotatable bonds is 2. The molecule has 0 spiro atoms. The summed E-state index contributed by atoms with van der Waals surface area (Å²) in [7, 11) is 0. The summed E-state index contributed by atoms with van der Waals surface area (Å²) >= 11 is 0. The summed E-state index contributed by atoms with van der Waals surface area (Å²) in [5.41, 5.74) is 6.97. The number of hydrogen-bond acceptors (Lipinski definition) is 3. The van der Waals surface area contributed by atoms with E-state index in [1.807, 2.05) is 13.8 Å². The lowest BCUT2D eigenvalue weighted by atomic mass is 10.1. The van der Waals surface area contributed by atoms with Crippen LogP contribution in [0.3, 0.4) is 0 Å². The lowest BCUT2D eigenvalue weighted by Gasteiger charge is -1.97. The minimum absolute atomic E-state index is 0.262. The van der Waals surface area contributed by atoms with Crippen molar-refractivity contribution in [2.75, 3.05) is 6.54 Å². The van der Waals surface area contributed by atoms with Crippen molar-refractivity contribution >= 4 is 0 Å².